The summed E-state index contributed by atoms with van der Waals surface area (Å²) in [6, 6.07) is 0. The van der Waals surface area contributed by atoms with Crippen LogP contribution in [0.15, 0.2) is 0 Å². The molecule has 15 heavy (non-hydrogen) atoms. The quantitative estimate of drug-likeness (QED) is 0.605. The molecule has 6 nitrogen and oxygen atoms in total. The summed E-state index contributed by atoms with van der Waals surface area (Å²) in [6.45, 7) is 4.87. The number of carbonyl (C=O) groups is 2. The number of carboxylic acids is 1. The molecule has 1 aliphatic rings. The predicted molar refractivity (Wildman–Crippen MR) is 50.1 cm³/mol. The monoisotopic (exact) mass is 217 g/mol. The highest BCUT2D eigenvalue weighted by Gasteiger charge is 2.57. The third-order valence-electron chi connectivity index (χ3n) is 1.98. The molecule has 0 aromatic heterocycles. The molecule has 0 amide bonds. The summed E-state index contributed by atoms with van der Waals surface area (Å²) < 4.78 is 9.81. The van der Waals surface area contributed by atoms with Crippen molar-refractivity contribution in [1.82, 2.24) is 0 Å². The van der Waals surface area contributed by atoms with Gasteiger partial charge in [-0.05, 0) is 20.8 Å². The summed E-state index contributed by atoms with van der Waals surface area (Å²) in [7, 11) is 0. The first-order valence-corrected chi connectivity index (χ1v) is 4.53. The number of aliphatic carboxylic acids is 1. The Morgan fingerprint density at radius 3 is 2.33 bits per heavy atom. The smallest absolute Gasteiger partial charge is 0.338 e. The molecule has 2 atom stereocenters. The predicted octanol–water partition coefficient (Wildman–Crippen LogP) is -0.491. The van der Waals surface area contributed by atoms with Gasteiger partial charge in [0, 0.05) is 0 Å². The van der Waals surface area contributed by atoms with Crippen molar-refractivity contribution in [2.24, 2.45) is 5.73 Å². The molecule has 0 bridgehead atoms. The number of carbonyl (C=O) groups excluding carboxylic acids is 1. The lowest BCUT2D eigenvalue weighted by Crippen LogP contribution is -2.72. The van der Waals surface area contributed by atoms with Gasteiger partial charge in [0.25, 0.3) is 0 Å². The molecule has 1 fully saturated rings. The van der Waals surface area contributed by atoms with Crippen LogP contribution in [0.2, 0.25) is 0 Å². The number of hydrogen-bond donors (Lipinski definition) is 2. The molecule has 0 saturated carbocycles. The van der Waals surface area contributed by atoms with E-state index in [0.717, 1.165) is 0 Å². The molecule has 1 heterocycles. The molecule has 1 rings (SSSR count). The average Bonchev–Trinajstić information content (AvgIpc) is 1.96. The van der Waals surface area contributed by atoms with Crippen molar-refractivity contribution in [2.75, 3.05) is 6.61 Å². The first-order valence-electron chi connectivity index (χ1n) is 4.53. The summed E-state index contributed by atoms with van der Waals surface area (Å²) in [5, 5.41) is 8.80. The van der Waals surface area contributed by atoms with E-state index < -0.39 is 29.2 Å². The first-order chi connectivity index (χ1) is 6.67. The van der Waals surface area contributed by atoms with Crippen LogP contribution in [-0.2, 0) is 19.1 Å². The van der Waals surface area contributed by atoms with E-state index in [-0.39, 0.29) is 6.61 Å². The lowest BCUT2D eigenvalue weighted by molar-refractivity contribution is -0.206. The molecule has 0 spiro atoms. The highest BCUT2D eigenvalue weighted by Crippen LogP contribution is 2.26. The minimum absolute atomic E-state index is 0.174. The SMILES string of the molecule is CC(C)(C)OC(=O)C1OCC1(N)C(=O)O. The van der Waals surface area contributed by atoms with Crippen LogP contribution in [0.3, 0.4) is 0 Å². The fourth-order valence-corrected chi connectivity index (χ4v) is 1.15. The third kappa shape index (κ3) is 2.27. The van der Waals surface area contributed by atoms with Crippen LogP contribution in [0, 0.1) is 0 Å². The zero-order valence-corrected chi connectivity index (χ0v) is 8.94. The van der Waals surface area contributed by atoms with Crippen molar-refractivity contribution >= 4 is 11.9 Å². The second-order valence-corrected chi connectivity index (χ2v) is 4.57. The van der Waals surface area contributed by atoms with Crippen LogP contribution < -0.4 is 5.73 Å². The number of rotatable bonds is 2. The largest absolute Gasteiger partial charge is 0.480 e. The van der Waals surface area contributed by atoms with Crippen LogP contribution in [0.25, 0.3) is 0 Å². The number of hydrogen-bond acceptors (Lipinski definition) is 5. The second kappa shape index (κ2) is 3.46. The summed E-state index contributed by atoms with van der Waals surface area (Å²) in [4.78, 5) is 22.2. The Morgan fingerprint density at radius 2 is 2.07 bits per heavy atom. The van der Waals surface area contributed by atoms with E-state index in [1.807, 2.05) is 0 Å². The fourth-order valence-electron chi connectivity index (χ4n) is 1.15. The Balaban J connectivity index is 2.67. The molecule has 3 N–H and O–H groups in total. The lowest BCUT2D eigenvalue weighted by Gasteiger charge is -2.41. The van der Waals surface area contributed by atoms with E-state index in [2.05, 4.69) is 0 Å². The highest BCUT2D eigenvalue weighted by molar-refractivity contribution is 5.91. The Kier molecular flexibility index (Phi) is 2.75. The Hall–Kier alpha value is -1.14. The molecule has 0 aromatic rings. The summed E-state index contributed by atoms with van der Waals surface area (Å²) in [5.74, 6) is -2.00. The molecule has 1 aliphatic heterocycles. The number of esters is 1. The van der Waals surface area contributed by atoms with Crippen LogP contribution in [-0.4, -0.2) is 40.9 Å². The van der Waals surface area contributed by atoms with Crippen LogP contribution in [0.5, 0.6) is 0 Å². The molecule has 0 aliphatic carbocycles. The minimum atomic E-state index is -1.65. The van der Waals surface area contributed by atoms with Gasteiger partial charge >= 0.3 is 11.9 Å². The number of nitrogens with two attached hydrogens (primary N) is 1. The molecule has 6 heteroatoms. The zero-order valence-electron chi connectivity index (χ0n) is 8.94. The Bertz CT molecular complexity index is 295. The van der Waals surface area contributed by atoms with Crippen molar-refractivity contribution in [3.05, 3.63) is 0 Å². The Morgan fingerprint density at radius 1 is 1.53 bits per heavy atom. The first kappa shape index (κ1) is 11.9. The molecule has 1 saturated heterocycles. The van der Waals surface area contributed by atoms with Gasteiger partial charge in [-0.15, -0.1) is 0 Å². The minimum Gasteiger partial charge on any atom is -0.480 e. The summed E-state index contributed by atoms with van der Waals surface area (Å²) >= 11 is 0. The van der Waals surface area contributed by atoms with Crippen LogP contribution in [0.4, 0.5) is 0 Å². The standard InChI is InChI=1S/C9H15NO5/c1-8(2,3)15-6(11)5-9(10,4-14-5)7(12)13/h5H,4,10H2,1-3H3,(H,12,13). The van der Waals surface area contributed by atoms with Gasteiger partial charge in [0.15, 0.2) is 11.6 Å². The Labute approximate surface area is 87.3 Å². The molecular weight excluding hydrogens is 202 g/mol. The normalized spacial score (nSPS) is 30.5. The van der Waals surface area contributed by atoms with Gasteiger partial charge in [-0.25, -0.2) is 4.79 Å². The topological polar surface area (TPSA) is 98.9 Å². The van der Waals surface area contributed by atoms with E-state index in [0.29, 0.717) is 0 Å². The van der Waals surface area contributed by atoms with Crippen molar-refractivity contribution < 1.29 is 24.2 Å². The van der Waals surface area contributed by atoms with Crippen LogP contribution in [0.1, 0.15) is 20.8 Å². The maximum absolute atomic E-state index is 11.5. The number of carboxylic acid groups (broad SMARTS) is 1. The van der Waals surface area contributed by atoms with Crippen molar-refractivity contribution in [3.63, 3.8) is 0 Å². The summed E-state index contributed by atoms with van der Waals surface area (Å²) in [5.41, 5.74) is 3.15. The van der Waals surface area contributed by atoms with Crippen molar-refractivity contribution in [2.45, 2.75) is 38.0 Å². The molecular formula is C9H15NO5. The average molecular weight is 217 g/mol. The van der Waals surface area contributed by atoms with Gasteiger partial charge in [-0.1, -0.05) is 0 Å². The van der Waals surface area contributed by atoms with E-state index in [4.69, 9.17) is 20.3 Å². The highest BCUT2D eigenvalue weighted by atomic mass is 16.6. The fraction of sp³-hybridized carbons (Fsp3) is 0.778. The van der Waals surface area contributed by atoms with Gasteiger partial charge in [-0.3, -0.25) is 4.79 Å². The van der Waals surface area contributed by atoms with Gasteiger partial charge in [-0.2, -0.15) is 0 Å². The lowest BCUT2D eigenvalue weighted by atomic mass is 9.89. The third-order valence-corrected chi connectivity index (χ3v) is 1.98. The van der Waals surface area contributed by atoms with Gasteiger partial charge in [0.2, 0.25) is 0 Å². The van der Waals surface area contributed by atoms with E-state index in [1.165, 1.54) is 0 Å². The van der Waals surface area contributed by atoms with E-state index in [1.54, 1.807) is 20.8 Å². The number of ether oxygens (including phenoxy) is 2. The molecule has 0 radical (unpaired) electrons. The maximum Gasteiger partial charge on any atom is 0.338 e. The maximum atomic E-state index is 11.5. The van der Waals surface area contributed by atoms with Gasteiger partial charge < -0.3 is 20.3 Å². The summed E-state index contributed by atoms with van der Waals surface area (Å²) in [6.07, 6.45) is -1.21. The molecule has 2 unspecified atom stereocenters. The van der Waals surface area contributed by atoms with Crippen molar-refractivity contribution in [3.8, 4) is 0 Å². The molecule has 86 valence electrons. The van der Waals surface area contributed by atoms with Gasteiger partial charge in [0.05, 0.1) is 6.61 Å². The van der Waals surface area contributed by atoms with Crippen molar-refractivity contribution in [1.29, 1.82) is 0 Å². The van der Waals surface area contributed by atoms with Crippen LogP contribution >= 0.6 is 0 Å². The molecule has 0 aromatic carbocycles. The van der Waals surface area contributed by atoms with E-state index >= 15 is 0 Å². The van der Waals surface area contributed by atoms with Gasteiger partial charge in [0.1, 0.15) is 5.60 Å². The van der Waals surface area contributed by atoms with E-state index in [9.17, 15) is 9.59 Å². The zero-order chi connectivity index (χ0) is 11.9. The second-order valence-electron chi connectivity index (χ2n) is 4.57.